The first-order valence-electron chi connectivity index (χ1n) is 7.15. The summed E-state index contributed by atoms with van der Waals surface area (Å²) >= 11 is 1.51. The van der Waals surface area contributed by atoms with E-state index in [1.165, 1.54) is 37.3 Å². The number of anilines is 1. The molecule has 0 aromatic carbocycles. The first-order valence-corrected chi connectivity index (χ1v) is 8.03. The first-order chi connectivity index (χ1) is 9.46. The number of hydrogen-bond donors (Lipinski definition) is 2. The molecular formula is C14H21N3O2S. The number of nitrogens with zero attached hydrogens (tertiary/aromatic N) is 2. The number of aromatic nitrogens is 1. The number of hydrogen-bond acceptors (Lipinski definition) is 5. The van der Waals surface area contributed by atoms with Gasteiger partial charge in [-0.05, 0) is 45.7 Å². The Morgan fingerprint density at radius 1 is 1.50 bits per heavy atom. The molecule has 0 radical (unpaired) electrons. The molecule has 1 aromatic heterocycles. The maximum Gasteiger partial charge on any atom is 0.315 e. The molecule has 0 aliphatic carbocycles. The van der Waals surface area contributed by atoms with Crippen LogP contribution in [0.15, 0.2) is 5.38 Å². The van der Waals surface area contributed by atoms with Crippen molar-refractivity contribution in [2.24, 2.45) is 5.92 Å². The van der Waals surface area contributed by atoms with Crippen molar-refractivity contribution in [2.45, 2.75) is 38.1 Å². The lowest BCUT2D eigenvalue weighted by molar-refractivity contribution is -0.142. The number of carboxylic acids is 1. The fourth-order valence-electron chi connectivity index (χ4n) is 3.02. The Balaban J connectivity index is 1.70. The van der Waals surface area contributed by atoms with Gasteiger partial charge < -0.3 is 15.3 Å². The highest BCUT2D eigenvalue weighted by Gasteiger charge is 2.35. The maximum atomic E-state index is 11.3. The minimum atomic E-state index is -0.925. The van der Waals surface area contributed by atoms with Gasteiger partial charge in [0.15, 0.2) is 5.13 Å². The van der Waals surface area contributed by atoms with E-state index in [9.17, 15) is 9.90 Å². The van der Waals surface area contributed by atoms with Crippen LogP contribution in [0.2, 0.25) is 0 Å². The molecule has 1 atom stereocenters. The summed E-state index contributed by atoms with van der Waals surface area (Å²) < 4.78 is 0. The molecule has 3 aliphatic rings. The van der Waals surface area contributed by atoms with Crippen molar-refractivity contribution >= 4 is 22.4 Å². The number of nitrogens with one attached hydrogen (secondary N) is 1. The maximum absolute atomic E-state index is 11.3. The quantitative estimate of drug-likeness (QED) is 0.889. The van der Waals surface area contributed by atoms with Gasteiger partial charge in [0.25, 0.3) is 0 Å². The predicted molar refractivity (Wildman–Crippen MR) is 79.4 cm³/mol. The number of fused-ring (bicyclic) bond motifs is 3. The van der Waals surface area contributed by atoms with Crippen LogP contribution < -0.4 is 5.32 Å². The van der Waals surface area contributed by atoms with E-state index >= 15 is 0 Å². The minimum absolute atomic E-state index is 0.462. The van der Waals surface area contributed by atoms with Crippen molar-refractivity contribution in [3.05, 3.63) is 11.1 Å². The van der Waals surface area contributed by atoms with Crippen LogP contribution in [0.5, 0.6) is 0 Å². The van der Waals surface area contributed by atoms with Crippen LogP contribution in [-0.4, -0.2) is 46.6 Å². The Morgan fingerprint density at radius 2 is 2.20 bits per heavy atom. The van der Waals surface area contributed by atoms with E-state index in [0.717, 1.165) is 17.6 Å². The fraction of sp³-hybridized carbons (Fsp3) is 0.714. The normalized spacial score (nSPS) is 29.4. The molecule has 0 amide bonds. The van der Waals surface area contributed by atoms with Crippen LogP contribution in [0.4, 0.5) is 5.13 Å². The highest BCUT2D eigenvalue weighted by atomic mass is 32.1. The van der Waals surface area contributed by atoms with Gasteiger partial charge in [0, 0.05) is 18.0 Å². The van der Waals surface area contributed by atoms with Crippen molar-refractivity contribution in [2.75, 3.05) is 25.0 Å². The average Bonchev–Trinajstić information content (AvgIpc) is 2.89. The molecule has 1 unspecified atom stereocenters. The Kier molecular flexibility index (Phi) is 3.46. The molecule has 2 N–H and O–H groups in total. The summed E-state index contributed by atoms with van der Waals surface area (Å²) in [5, 5.41) is 15.5. The van der Waals surface area contributed by atoms with E-state index in [4.69, 9.17) is 0 Å². The van der Waals surface area contributed by atoms with E-state index in [1.54, 1.807) is 13.8 Å². The van der Waals surface area contributed by atoms with Crippen molar-refractivity contribution in [3.8, 4) is 0 Å². The molecule has 3 aliphatic heterocycles. The van der Waals surface area contributed by atoms with Gasteiger partial charge in [0.05, 0.1) is 5.69 Å². The molecule has 110 valence electrons. The summed E-state index contributed by atoms with van der Waals surface area (Å²) in [6.07, 6.45) is 2.52. The topological polar surface area (TPSA) is 65.5 Å². The number of aliphatic carboxylic acids is 1. The fourth-order valence-corrected chi connectivity index (χ4v) is 3.96. The van der Waals surface area contributed by atoms with Crippen LogP contribution in [0.25, 0.3) is 0 Å². The standard InChI is InChI=1S/C14H21N3O2S/c1-14(2,12(18)19)11-8-20-13(16-11)15-10-7-17-5-3-9(10)4-6-17/h8-10H,3-7H2,1-2H3,(H,15,16)(H,18,19). The Hall–Kier alpha value is -1.14. The van der Waals surface area contributed by atoms with Gasteiger partial charge in [-0.15, -0.1) is 11.3 Å². The van der Waals surface area contributed by atoms with Gasteiger partial charge in [0.1, 0.15) is 5.41 Å². The molecule has 4 rings (SSSR count). The summed E-state index contributed by atoms with van der Waals surface area (Å²) in [6, 6.07) is 0.462. The highest BCUT2D eigenvalue weighted by molar-refractivity contribution is 7.13. The van der Waals surface area contributed by atoms with Crippen LogP contribution in [0.1, 0.15) is 32.4 Å². The van der Waals surface area contributed by atoms with Crippen LogP contribution >= 0.6 is 11.3 Å². The monoisotopic (exact) mass is 295 g/mol. The molecule has 4 heterocycles. The third-order valence-corrected chi connectivity index (χ3v) is 5.42. The van der Waals surface area contributed by atoms with E-state index in [0.29, 0.717) is 11.7 Å². The summed E-state index contributed by atoms with van der Waals surface area (Å²) in [7, 11) is 0. The zero-order valence-electron chi connectivity index (χ0n) is 11.9. The summed E-state index contributed by atoms with van der Waals surface area (Å²) in [6.45, 7) is 6.92. The summed E-state index contributed by atoms with van der Waals surface area (Å²) in [4.78, 5) is 18.2. The third-order valence-electron chi connectivity index (χ3n) is 4.64. The number of piperidine rings is 3. The van der Waals surface area contributed by atoms with Crippen molar-refractivity contribution < 1.29 is 9.90 Å². The number of rotatable bonds is 4. The molecule has 0 spiro atoms. The van der Waals surface area contributed by atoms with Gasteiger partial charge in [-0.1, -0.05) is 0 Å². The Bertz CT molecular complexity index is 506. The average molecular weight is 295 g/mol. The molecule has 20 heavy (non-hydrogen) atoms. The Labute approximate surface area is 123 Å². The number of carboxylic acid groups (broad SMARTS) is 1. The van der Waals surface area contributed by atoms with Crippen LogP contribution in [0.3, 0.4) is 0 Å². The Morgan fingerprint density at radius 3 is 2.75 bits per heavy atom. The van der Waals surface area contributed by atoms with Gasteiger partial charge in [-0.2, -0.15) is 0 Å². The number of carbonyl (C=O) groups is 1. The molecule has 3 fully saturated rings. The van der Waals surface area contributed by atoms with Crippen molar-refractivity contribution in [1.29, 1.82) is 0 Å². The van der Waals surface area contributed by atoms with E-state index in [-0.39, 0.29) is 0 Å². The van der Waals surface area contributed by atoms with Crippen LogP contribution in [0, 0.1) is 5.92 Å². The lowest BCUT2D eigenvalue weighted by Gasteiger charge is -2.44. The molecule has 5 nitrogen and oxygen atoms in total. The second kappa shape index (κ2) is 5.00. The lowest BCUT2D eigenvalue weighted by atomic mass is 9.84. The number of thiazole rings is 1. The van der Waals surface area contributed by atoms with Crippen molar-refractivity contribution in [1.82, 2.24) is 9.88 Å². The zero-order chi connectivity index (χ0) is 14.3. The van der Waals surface area contributed by atoms with Crippen LogP contribution in [-0.2, 0) is 10.2 Å². The van der Waals surface area contributed by atoms with E-state index < -0.39 is 11.4 Å². The minimum Gasteiger partial charge on any atom is -0.481 e. The molecule has 0 saturated carbocycles. The molecular weight excluding hydrogens is 274 g/mol. The molecule has 1 aromatic rings. The van der Waals surface area contributed by atoms with Crippen molar-refractivity contribution in [3.63, 3.8) is 0 Å². The van der Waals surface area contributed by atoms with Gasteiger partial charge in [0.2, 0.25) is 0 Å². The SMILES string of the molecule is CC(C)(C(=O)O)c1csc(NC2CN3CCC2CC3)n1. The summed E-state index contributed by atoms with van der Waals surface area (Å²) in [5.74, 6) is -0.1000. The van der Waals surface area contributed by atoms with Gasteiger partial charge in [-0.25, -0.2) is 4.98 Å². The van der Waals surface area contributed by atoms with Gasteiger partial charge in [-0.3, -0.25) is 4.79 Å². The molecule has 2 bridgehead atoms. The third kappa shape index (κ3) is 2.42. The van der Waals surface area contributed by atoms with Gasteiger partial charge >= 0.3 is 5.97 Å². The first kappa shape index (κ1) is 13.8. The largest absolute Gasteiger partial charge is 0.481 e. The highest BCUT2D eigenvalue weighted by Crippen LogP contribution is 2.32. The lowest BCUT2D eigenvalue weighted by Crippen LogP contribution is -2.53. The molecule has 3 saturated heterocycles. The van der Waals surface area contributed by atoms with E-state index in [2.05, 4.69) is 15.2 Å². The summed E-state index contributed by atoms with van der Waals surface area (Å²) in [5.41, 5.74) is -0.287. The second-order valence-electron chi connectivity index (χ2n) is 6.36. The second-order valence-corrected chi connectivity index (χ2v) is 7.22. The molecule has 6 heteroatoms. The zero-order valence-corrected chi connectivity index (χ0v) is 12.7. The van der Waals surface area contributed by atoms with E-state index in [1.807, 2.05) is 5.38 Å². The predicted octanol–water partition coefficient (Wildman–Crippen LogP) is 2.01. The smallest absolute Gasteiger partial charge is 0.315 e.